The van der Waals surface area contributed by atoms with E-state index in [0.717, 1.165) is 25.4 Å². The molecule has 1 aliphatic heterocycles. The van der Waals surface area contributed by atoms with Gasteiger partial charge in [-0.05, 0) is 42.7 Å². The van der Waals surface area contributed by atoms with Crippen LogP contribution in [0.2, 0.25) is 0 Å². The lowest BCUT2D eigenvalue weighted by Crippen LogP contribution is -2.28. The molecule has 2 heteroatoms. The van der Waals surface area contributed by atoms with Gasteiger partial charge in [-0.2, -0.15) is 0 Å². The first-order valence-electron chi connectivity index (χ1n) is 7.76. The molecule has 0 amide bonds. The van der Waals surface area contributed by atoms with E-state index in [4.69, 9.17) is 10.5 Å². The van der Waals surface area contributed by atoms with Gasteiger partial charge in [0.2, 0.25) is 0 Å². The van der Waals surface area contributed by atoms with E-state index in [1.165, 1.54) is 30.4 Å². The summed E-state index contributed by atoms with van der Waals surface area (Å²) in [5.41, 5.74) is 9.31. The summed E-state index contributed by atoms with van der Waals surface area (Å²) >= 11 is 0. The Morgan fingerprint density at radius 2 is 2.16 bits per heavy atom. The van der Waals surface area contributed by atoms with Crippen LogP contribution >= 0.6 is 0 Å². The number of hydrogen-bond acceptors (Lipinski definition) is 2. The van der Waals surface area contributed by atoms with E-state index in [9.17, 15) is 0 Å². The zero-order valence-electron chi connectivity index (χ0n) is 11.8. The molecule has 104 valence electrons. The molecule has 1 heterocycles. The maximum Gasteiger partial charge on any atom is 0.0619 e. The van der Waals surface area contributed by atoms with Crippen molar-refractivity contribution in [1.29, 1.82) is 0 Å². The molecule has 19 heavy (non-hydrogen) atoms. The number of nitrogens with two attached hydrogens (primary N) is 1. The first kappa shape index (κ1) is 13.1. The molecule has 0 radical (unpaired) electrons. The van der Waals surface area contributed by atoms with Gasteiger partial charge in [-0.1, -0.05) is 37.6 Å². The summed E-state index contributed by atoms with van der Waals surface area (Å²) in [6, 6.07) is 9.12. The average Bonchev–Trinajstić information content (AvgIpc) is 2.84. The second-order valence-corrected chi connectivity index (χ2v) is 6.09. The van der Waals surface area contributed by atoms with E-state index in [1.807, 2.05) is 0 Å². The van der Waals surface area contributed by atoms with E-state index in [-0.39, 0.29) is 6.04 Å². The normalized spacial score (nSPS) is 29.2. The maximum absolute atomic E-state index is 6.51. The fraction of sp³-hybridized carbons (Fsp3) is 0.647. The Labute approximate surface area is 116 Å². The minimum atomic E-state index is 0.132. The SMILES string of the molecule is CCC1OCCC1C(N)c1cccc(C2CCC2)c1. The van der Waals surface area contributed by atoms with Crippen LogP contribution in [0.25, 0.3) is 0 Å². The lowest BCUT2D eigenvalue weighted by molar-refractivity contribution is 0.0813. The molecule has 1 saturated heterocycles. The molecule has 2 N–H and O–H groups in total. The van der Waals surface area contributed by atoms with Gasteiger partial charge >= 0.3 is 0 Å². The van der Waals surface area contributed by atoms with Gasteiger partial charge in [-0.15, -0.1) is 0 Å². The van der Waals surface area contributed by atoms with Crippen molar-refractivity contribution in [3.8, 4) is 0 Å². The highest BCUT2D eigenvalue weighted by Gasteiger charge is 2.32. The van der Waals surface area contributed by atoms with E-state index >= 15 is 0 Å². The molecular formula is C17H25NO. The molecular weight excluding hydrogens is 234 g/mol. The second kappa shape index (κ2) is 5.64. The summed E-state index contributed by atoms with van der Waals surface area (Å²) in [5, 5.41) is 0. The summed E-state index contributed by atoms with van der Waals surface area (Å²) in [6.07, 6.45) is 6.61. The van der Waals surface area contributed by atoms with Gasteiger partial charge < -0.3 is 10.5 Å². The topological polar surface area (TPSA) is 35.2 Å². The Morgan fingerprint density at radius 1 is 1.32 bits per heavy atom. The minimum Gasteiger partial charge on any atom is -0.378 e. The Bertz CT molecular complexity index is 427. The Hall–Kier alpha value is -0.860. The summed E-state index contributed by atoms with van der Waals surface area (Å²) in [7, 11) is 0. The lowest BCUT2D eigenvalue weighted by Gasteiger charge is -2.28. The van der Waals surface area contributed by atoms with Gasteiger partial charge in [-0.3, -0.25) is 0 Å². The minimum absolute atomic E-state index is 0.132. The van der Waals surface area contributed by atoms with Crippen molar-refractivity contribution in [2.75, 3.05) is 6.61 Å². The predicted molar refractivity (Wildman–Crippen MR) is 78.1 cm³/mol. The Balaban J connectivity index is 1.77. The van der Waals surface area contributed by atoms with Crippen molar-refractivity contribution < 1.29 is 4.74 Å². The third kappa shape index (κ3) is 2.56. The van der Waals surface area contributed by atoms with Crippen molar-refractivity contribution in [3.63, 3.8) is 0 Å². The standard InChI is InChI=1S/C17H25NO/c1-2-16-15(9-10-19-16)17(18)14-8-4-7-13(11-14)12-5-3-6-12/h4,7-8,11-12,15-17H,2-3,5-6,9-10,18H2,1H3. The van der Waals surface area contributed by atoms with Crippen LogP contribution in [0.5, 0.6) is 0 Å². The lowest BCUT2D eigenvalue weighted by atomic mass is 9.78. The van der Waals surface area contributed by atoms with Crippen LogP contribution in [0.15, 0.2) is 24.3 Å². The predicted octanol–water partition coefficient (Wildman–Crippen LogP) is 3.77. The maximum atomic E-state index is 6.51. The summed E-state index contributed by atoms with van der Waals surface area (Å²) in [5.74, 6) is 1.27. The third-order valence-corrected chi connectivity index (χ3v) is 5.00. The first-order valence-corrected chi connectivity index (χ1v) is 7.76. The summed E-state index contributed by atoms with van der Waals surface area (Å²) in [4.78, 5) is 0. The van der Waals surface area contributed by atoms with Gasteiger partial charge in [0.1, 0.15) is 0 Å². The van der Waals surface area contributed by atoms with Crippen molar-refractivity contribution in [1.82, 2.24) is 0 Å². The van der Waals surface area contributed by atoms with Crippen LogP contribution in [0.1, 0.15) is 62.1 Å². The third-order valence-electron chi connectivity index (χ3n) is 5.00. The van der Waals surface area contributed by atoms with Crippen molar-refractivity contribution >= 4 is 0 Å². The van der Waals surface area contributed by atoms with Crippen LogP contribution in [0.4, 0.5) is 0 Å². The molecule has 1 saturated carbocycles. The fourth-order valence-corrected chi connectivity index (χ4v) is 3.51. The average molecular weight is 259 g/mol. The monoisotopic (exact) mass is 259 g/mol. The zero-order valence-corrected chi connectivity index (χ0v) is 11.8. The van der Waals surface area contributed by atoms with Crippen molar-refractivity contribution in [2.24, 2.45) is 11.7 Å². The van der Waals surface area contributed by atoms with Gasteiger partial charge in [0.25, 0.3) is 0 Å². The first-order chi connectivity index (χ1) is 9.29. The van der Waals surface area contributed by atoms with Gasteiger partial charge in [0.15, 0.2) is 0 Å². The molecule has 3 atom stereocenters. The molecule has 0 bridgehead atoms. The van der Waals surface area contributed by atoms with E-state index in [2.05, 4.69) is 31.2 Å². The second-order valence-electron chi connectivity index (χ2n) is 6.09. The van der Waals surface area contributed by atoms with E-state index in [1.54, 1.807) is 0 Å². The zero-order chi connectivity index (χ0) is 13.2. The number of ether oxygens (including phenoxy) is 1. The van der Waals surface area contributed by atoms with Crippen LogP contribution in [0.3, 0.4) is 0 Å². The Morgan fingerprint density at radius 3 is 2.84 bits per heavy atom. The highest BCUT2D eigenvalue weighted by molar-refractivity contribution is 5.30. The summed E-state index contributed by atoms with van der Waals surface area (Å²) in [6.45, 7) is 3.07. The van der Waals surface area contributed by atoms with Crippen LogP contribution in [0, 0.1) is 5.92 Å². The smallest absolute Gasteiger partial charge is 0.0619 e. The molecule has 0 aromatic heterocycles. The molecule has 0 spiro atoms. The van der Waals surface area contributed by atoms with Crippen molar-refractivity contribution in [3.05, 3.63) is 35.4 Å². The molecule has 2 aliphatic rings. The van der Waals surface area contributed by atoms with Gasteiger partial charge in [0.05, 0.1) is 6.10 Å². The number of rotatable bonds is 4. The molecule has 3 rings (SSSR count). The van der Waals surface area contributed by atoms with Crippen LogP contribution in [-0.4, -0.2) is 12.7 Å². The molecule has 2 nitrogen and oxygen atoms in total. The quantitative estimate of drug-likeness (QED) is 0.893. The highest BCUT2D eigenvalue weighted by atomic mass is 16.5. The van der Waals surface area contributed by atoms with Gasteiger partial charge in [-0.25, -0.2) is 0 Å². The number of benzene rings is 1. The Kier molecular flexibility index (Phi) is 3.90. The fourth-order valence-electron chi connectivity index (χ4n) is 3.51. The summed E-state index contributed by atoms with van der Waals surface area (Å²) < 4.78 is 5.79. The highest BCUT2D eigenvalue weighted by Crippen LogP contribution is 2.38. The van der Waals surface area contributed by atoms with Crippen molar-refractivity contribution in [2.45, 2.75) is 57.1 Å². The molecule has 2 fully saturated rings. The molecule has 1 aromatic carbocycles. The van der Waals surface area contributed by atoms with Crippen LogP contribution in [-0.2, 0) is 4.74 Å². The van der Waals surface area contributed by atoms with E-state index in [0.29, 0.717) is 12.0 Å². The molecule has 1 aromatic rings. The molecule has 1 aliphatic carbocycles. The molecule has 3 unspecified atom stereocenters. The largest absolute Gasteiger partial charge is 0.378 e. The van der Waals surface area contributed by atoms with E-state index < -0.39 is 0 Å². The number of hydrogen-bond donors (Lipinski definition) is 1. The van der Waals surface area contributed by atoms with Gasteiger partial charge in [0, 0.05) is 18.6 Å². The van der Waals surface area contributed by atoms with Crippen LogP contribution < -0.4 is 5.73 Å².